The first-order valence-corrected chi connectivity index (χ1v) is 9.96. The highest BCUT2D eigenvalue weighted by molar-refractivity contribution is 6.30. The monoisotopic (exact) mass is 381 g/mol. The molecule has 2 unspecified atom stereocenters. The molecule has 0 radical (unpaired) electrons. The number of fused-ring (bicyclic) bond motifs is 2. The molecule has 2 heterocycles. The number of carbonyl (C=O) groups is 1. The minimum atomic E-state index is -0.198. The van der Waals surface area contributed by atoms with E-state index in [-0.39, 0.29) is 18.2 Å². The minimum absolute atomic E-state index is 0.117. The number of ether oxygens (including phenoxy) is 1. The maximum absolute atomic E-state index is 12.8. The zero-order chi connectivity index (χ0) is 18.8. The van der Waals surface area contributed by atoms with Gasteiger partial charge in [0, 0.05) is 11.1 Å². The third-order valence-corrected chi connectivity index (χ3v) is 5.82. The third-order valence-electron chi connectivity index (χ3n) is 5.59. The summed E-state index contributed by atoms with van der Waals surface area (Å²) in [4.78, 5) is 14.8. The summed E-state index contributed by atoms with van der Waals surface area (Å²) in [6, 6.07) is 16.2. The van der Waals surface area contributed by atoms with Crippen LogP contribution in [0, 0.1) is 6.92 Å². The molecule has 27 heavy (non-hydrogen) atoms. The van der Waals surface area contributed by atoms with E-state index in [9.17, 15) is 4.79 Å². The number of amides is 1. The fraction of sp³-hybridized carbons (Fsp3) is 0.348. The van der Waals surface area contributed by atoms with E-state index in [4.69, 9.17) is 16.3 Å². The van der Waals surface area contributed by atoms with Crippen molar-refractivity contribution in [1.82, 2.24) is 4.90 Å². The second-order valence-electron chi connectivity index (χ2n) is 7.45. The van der Waals surface area contributed by atoms with E-state index in [1.807, 2.05) is 47.4 Å². The van der Waals surface area contributed by atoms with E-state index in [1.165, 1.54) is 16.7 Å². The van der Waals surface area contributed by atoms with Crippen LogP contribution in [0.1, 0.15) is 42.4 Å². The lowest BCUT2D eigenvalue weighted by molar-refractivity contribution is 0.0510. The molecule has 3 nitrogen and oxygen atoms in total. The first-order chi connectivity index (χ1) is 13.1. The molecule has 2 aromatic carbocycles. The lowest BCUT2D eigenvalue weighted by Crippen LogP contribution is -2.51. The van der Waals surface area contributed by atoms with E-state index in [0.29, 0.717) is 6.61 Å². The highest BCUT2D eigenvalue weighted by atomic mass is 35.5. The van der Waals surface area contributed by atoms with Gasteiger partial charge in [0.25, 0.3) is 0 Å². The number of benzene rings is 2. The molecule has 0 aromatic heterocycles. The molecular weight excluding hydrogens is 358 g/mol. The first kappa shape index (κ1) is 18.1. The molecule has 2 aromatic rings. The van der Waals surface area contributed by atoms with E-state index in [2.05, 4.69) is 19.1 Å². The fourth-order valence-corrected chi connectivity index (χ4v) is 4.52. The maximum Gasteiger partial charge on any atom is 0.410 e. The molecule has 2 aliphatic rings. The summed E-state index contributed by atoms with van der Waals surface area (Å²) in [7, 11) is 0. The molecule has 0 saturated carbocycles. The van der Waals surface area contributed by atoms with Crippen LogP contribution in [0.25, 0.3) is 5.57 Å². The maximum atomic E-state index is 12.8. The molecule has 4 heteroatoms. The number of rotatable bonds is 3. The molecule has 2 aliphatic heterocycles. The molecule has 0 N–H and O–H groups in total. The van der Waals surface area contributed by atoms with Gasteiger partial charge in [-0.2, -0.15) is 0 Å². The van der Waals surface area contributed by atoms with Gasteiger partial charge in [0.2, 0.25) is 0 Å². The molecule has 0 spiro atoms. The standard InChI is InChI=1S/C23H24ClNO2/c1-16-12-19(24)10-11-22(16)18-13-20-8-5-9-21(14-18)25(20)23(26)27-15-17-6-3-2-4-7-17/h2-4,6-7,10-13,20-21H,5,8-9,14-15H2,1H3. The highest BCUT2D eigenvalue weighted by Crippen LogP contribution is 2.38. The number of piperidine rings is 1. The van der Waals surface area contributed by atoms with Crippen molar-refractivity contribution in [3.8, 4) is 0 Å². The number of halogens is 1. The predicted octanol–water partition coefficient (Wildman–Crippen LogP) is 6.00. The molecule has 4 rings (SSSR count). The second-order valence-corrected chi connectivity index (χ2v) is 7.89. The molecule has 2 bridgehead atoms. The zero-order valence-corrected chi connectivity index (χ0v) is 16.3. The van der Waals surface area contributed by atoms with E-state index in [1.54, 1.807) is 0 Å². The van der Waals surface area contributed by atoms with Crippen LogP contribution in [0.15, 0.2) is 54.6 Å². The van der Waals surface area contributed by atoms with E-state index in [0.717, 1.165) is 36.3 Å². The quantitative estimate of drug-likeness (QED) is 0.652. The van der Waals surface area contributed by atoms with E-state index < -0.39 is 0 Å². The van der Waals surface area contributed by atoms with Crippen molar-refractivity contribution >= 4 is 23.3 Å². The van der Waals surface area contributed by atoms with Crippen LogP contribution in [0.2, 0.25) is 5.02 Å². The Balaban J connectivity index is 1.52. The highest BCUT2D eigenvalue weighted by Gasteiger charge is 2.38. The molecule has 1 amide bonds. The van der Waals surface area contributed by atoms with Gasteiger partial charge in [-0.25, -0.2) is 4.79 Å². The predicted molar refractivity (Wildman–Crippen MR) is 109 cm³/mol. The number of hydrogen-bond acceptors (Lipinski definition) is 2. The average Bonchev–Trinajstić information content (AvgIpc) is 2.66. The normalized spacial score (nSPS) is 21.6. The van der Waals surface area contributed by atoms with E-state index >= 15 is 0 Å². The van der Waals surface area contributed by atoms with Crippen molar-refractivity contribution < 1.29 is 9.53 Å². The van der Waals surface area contributed by atoms with Gasteiger partial charge < -0.3 is 4.74 Å². The van der Waals surface area contributed by atoms with Gasteiger partial charge in [-0.15, -0.1) is 0 Å². The Labute approximate surface area is 165 Å². The topological polar surface area (TPSA) is 29.5 Å². The van der Waals surface area contributed by atoms with Crippen LogP contribution in [0.5, 0.6) is 0 Å². The molecule has 1 saturated heterocycles. The summed E-state index contributed by atoms with van der Waals surface area (Å²) in [6.45, 7) is 2.42. The van der Waals surface area contributed by atoms with Crippen LogP contribution in [0.4, 0.5) is 4.79 Å². The lowest BCUT2D eigenvalue weighted by Gasteiger charge is -2.44. The van der Waals surface area contributed by atoms with Crippen LogP contribution in [-0.2, 0) is 11.3 Å². The first-order valence-electron chi connectivity index (χ1n) is 9.58. The molecular formula is C23H24ClNO2. The summed E-state index contributed by atoms with van der Waals surface area (Å²) in [5.74, 6) is 0. The van der Waals surface area contributed by atoms with Crippen LogP contribution in [0.3, 0.4) is 0 Å². The largest absolute Gasteiger partial charge is 0.445 e. The van der Waals surface area contributed by atoms with Crippen LogP contribution < -0.4 is 0 Å². The van der Waals surface area contributed by atoms with Gasteiger partial charge in [-0.05, 0) is 67.0 Å². The van der Waals surface area contributed by atoms with Crippen molar-refractivity contribution in [2.45, 2.75) is 51.3 Å². The smallest absolute Gasteiger partial charge is 0.410 e. The van der Waals surface area contributed by atoms with Gasteiger partial charge in [-0.3, -0.25) is 4.90 Å². The Bertz CT molecular complexity index is 862. The second kappa shape index (κ2) is 7.77. The summed E-state index contributed by atoms with van der Waals surface area (Å²) in [5, 5.41) is 0.763. The van der Waals surface area contributed by atoms with Crippen molar-refractivity contribution in [2.24, 2.45) is 0 Å². The third kappa shape index (κ3) is 3.89. The number of nitrogens with zero attached hydrogens (tertiary/aromatic N) is 1. The van der Waals surface area contributed by atoms with Gasteiger partial charge >= 0.3 is 6.09 Å². The van der Waals surface area contributed by atoms with Crippen molar-refractivity contribution in [3.63, 3.8) is 0 Å². The Hall–Kier alpha value is -2.26. The fourth-order valence-electron chi connectivity index (χ4n) is 4.30. The number of hydrogen-bond donors (Lipinski definition) is 0. The van der Waals surface area contributed by atoms with Gasteiger partial charge in [0.1, 0.15) is 6.61 Å². The summed E-state index contributed by atoms with van der Waals surface area (Å²) < 4.78 is 5.62. The summed E-state index contributed by atoms with van der Waals surface area (Å²) in [5.41, 5.74) is 4.77. The van der Waals surface area contributed by atoms with Crippen LogP contribution >= 0.6 is 11.6 Å². The number of carbonyl (C=O) groups excluding carboxylic acids is 1. The van der Waals surface area contributed by atoms with Gasteiger partial charge in [-0.1, -0.05) is 54.1 Å². The zero-order valence-electron chi connectivity index (χ0n) is 15.5. The Kier molecular flexibility index (Phi) is 5.22. The summed E-state index contributed by atoms with van der Waals surface area (Å²) in [6.07, 6.45) is 6.11. The molecule has 2 atom stereocenters. The average molecular weight is 382 g/mol. The lowest BCUT2D eigenvalue weighted by atomic mass is 9.82. The Morgan fingerprint density at radius 1 is 1.19 bits per heavy atom. The SMILES string of the molecule is Cc1cc(Cl)ccc1C1=CC2CCCC(C1)N2C(=O)OCc1ccccc1. The number of aryl methyl sites for hydroxylation is 1. The van der Waals surface area contributed by atoms with Gasteiger partial charge in [0.05, 0.1) is 6.04 Å². The van der Waals surface area contributed by atoms with Crippen molar-refractivity contribution in [1.29, 1.82) is 0 Å². The molecule has 1 fully saturated rings. The van der Waals surface area contributed by atoms with Crippen molar-refractivity contribution in [2.75, 3.05) is 0 Å². The van der Waals surface area contributed by atoms with Crippen LogP contribution in [-0.4, -0.2) is 23.1 Å². The Morgan fingerprint density at radius 2 is 2.00 bits per heavy atom. The molecule has 0 aliphatic carbocycles. The summed E-state index contributed by atoms with van der Waals surface area (Å²) >= 11 is 6.11. The molecule has 140 valence electrons. The van der Waals surface area contributed by atoms with Gasteiger partial charge in [0.15, 0.2) is 0 Å². The Morgan fingerprint density at radius 3 is 2.74 bits per heavy atom. The van der Waals surface area contributed by atoms with Crippen molar-refractivity contribution in [3.05, 3.63) is 76.3 Å². The minimum Gasteiger partial charge on any atom is -0.445 e.